The number of aliphatic hydroxyl groups is 1. The highest BCUT2D eigenvalue weighted by Gasteiger charge is 2.24. The van der Waals surface area contributed by atoms with Gasteiger partial charge >= 0.3 is 0 Å². The van der Waals surface area contributed by atoms with Crippen LogP contribution >= 0.6 is 0 Å². The Balaban J connectivity index is 2.03. The Bertz CT molecular complexity index is 391. The van der Waals surface area contributed by atoms with E-state index in [1.165, 1.54) is 24.8 Å². The molecule has 0 aromatic heterocycles. The summed E-state index contributed by atoms with van der Waals surface area (Å²) in [5, 5.41) is 9.13. The maximum absolute atomic E-state index is 9.13. The van der Waals surface area contributed by atoms with E-state index in [9.17, 15) is 0 Å². The van der Waals surface area contributed by atoms with Crippen molar-refractivity contribution in [2.24, 2.45) is 0 Å². The van der Waals surface area contributed by atoms with Gasteiger partial charge in [-0.05, 0) is 30.5 Å². The van der Waals surface area contributed by atoms with E-state index in [-0.39, 0.29) is 6.61 Å². The van der Waals surface area contributed by atoms with E-state index in [4.69, 9.17) is 15.6 Å². The zero-order valence-corrected chi connectivity index (χ0v) is 10.9. The van der Waals surface area contributed by atoms with E-state index in [1.54, 1.807) is 7.11 Å². The van der Waals surface area contributed by atoms with Crippen LogP contribution in [0, 0.1) is 0 Å². The van der Waals surface area contributed by atoms with Gasteiger partial charge in [-0.3, -0.25) is 4.90 Å². The Morgan fingerprint density at radius 2 is 2.22 bits per heavy atom. The molecule has 1 aromatic rings. The lowest BCUT2D eigenvalue weighted by Crippen LogP contribution is -2.41. The molecular weight excluding hydrogens is 228 g/mol. The summed E-state index contributed by atoms with van der Waals surface area (Å²) in [6.07, 6.45) is 3.79. The van der Waals surface area contributed by atoms with E-state index in [1.807, 2.05) is 18.2 Å². The molecule has 1 aromatic carbocycles. The van der Waals surface area contributed by atoms with E-state index >= 15 is 0 Å². The van der Waals surface area contributed by atoms with Gasteiger partial charge in [0.05, 0.1) is 19.4 Å². The number of methoxy groups -OCH3 is 1. The highest BCUT2D eigenvalue weighted by atomic mass is 16.5. The van der Waals surface area contributed by atoms with Crippen LogP contribution in [0.5, 0.6) is 5.75 Å². The van der Waals surface area contributed by atoms with Gasteiger partial charge in [-0.1, -0.05) is 12.5 Å². The molecule has 0 radical (unpaired) electrons. The third kappa shape index (κ3) is 2.94. The predicted octanol–water partition coefficient (Wildman–Crippen LogP) is 1.62. The average molecular weight is 250 g/mol. The van der Waals surface area contributed by atoms with Crippen LogP contribution in [0.15, 0.2) is 18.2 Å². The quantitative estimate of drug-likeness (QED) is 0.753. The van der Waals surface area contributed by atoms with Gasteiger partial charge in [0, 0.05) is 19.1 Å². The van der Waals surface area contributed by atoms with Crippen molar-refractivity contribution >= 4 is 5.69 Å². The van der Waals surface area contributed by atoms with Crippen LogP contribution in [0.4, 0.5) is 5.69 Å². The molecule has 1 aliphatic rings. The van der Waals surface area contributed by atoms with Gasteiger partial charge in [-0.2, -0.15) is 0 Å². The number of benzene rings is 1. The van der Waals surface area contributed by atoms with Gasteiger partial charge in [-0.15, -0.1) is 0 Å². The number of anilines is 1. The maximum atomic E-state index is 9.13. The Morgan fingerprint density at radius 3 is 2.72 bits per heavy atom. The van der Waals surface area contributed by atoms with E-state index < -0.39 is 0 Å². The minimum atomic E-state index is 0.210. The summed E-state index contributed by atoms with van der Waals surface area (Å²) in [7, 11) is 1.62. The van der Waals surface area contributed by atoms with Crippen LogP contribution in [0.1, 0.15) is 24.8 Å². The van der Waals surface area contributed by atoms with Crippen molar-refractivity contribution in [3.8, 4) is 5.75 Å². The number of rotatable bonds is 6. The molecule has 4 nitrogen and oxygen atoms in total. The first kappa shape index (κ1) is 13.2. The Hall–Kier alpha value is -1.26. The molecule has 1 fully saturated rings. The number of aliphatic hydroxyl groups excluding tert-OH is 1. The summed E-state index contributed by atoms with van der Waals surface area (Å²) in [5.74, 6) is 0.719. The first-order valence-electron chi connectivity index (χ1n) is 6.52. The summed E-state index contributed by atoms with van der Waals surface area (Å²) < 4.78 is 5.15. The summed E-state index contributed by atoms with van der Waals surface area (Å²) >= 11 is 0. The van der Waals surface area contributed by atoms with Gasteiger partial charge in [0.2, 0.25) is 0 Å². The minimum absolute atomic E-state index is 0.210. The number of hydrogen-bond acceptors (Lipinski definition) is 4. The maximum Gasteiger partial charge on any atom is 0.141 e. The van der Waals surface area contributed by atoms with Gasteiger partial charge < -0.3 is 15.6 Å². The zero-order chi connectivity index (χ0) is 13.0. The first-order chi connectivity index (χ1) is 8.74. The van der Waals surface area contributed by atoms with Gasteiger partial charge in [-0.25, -0.2) is 0 Å². The number of nitrogens with two attached hydrogens (primary N) is 1. The largest absolute Gasteiger partial charge is 0.495 e. The molecule has 18 heavy (non-hydrogen) atoms. The molecule has 0 aliphatic heterocycles. The average Bonchev–Trinajstić information content (AvgIpc) is 2.27. The highest BCUT2D eigenvalue weighted by Crippen LogP contribution is 2.27. The lowest BCUT2D eigenvalue weighted by Gasteiger charge is -2.37. The summed E-state index contributed by atoms with van der Waals surface area (Å²) in [6, 6.07) is 6.53. The fourth-order valence-corrected chi connectivity index (χ4v) is 2.39. The second kappa shape index (κ2) is 6.07. The molecule has 1 aliphatic carbocycles. The van der Waals surface area contributed by atoms with Gasteiger partial charge in [0.1, 0.15) is 5.75 Å². The van der Waals surface area contributed by atoms with Crippen LogP contribution in [0.25, 0.3) is 0 Å². The van der Waals surface area contributed by atoms with Crippen molar-refractivity contribution in [1.82, 2.24) is 4.90 Å². The van der Waals surface area contributed by atoms with Gasteiger partial charge in [0.15, 0.2) is 0 Å². The Kier molecular flexibility index (Phi) is 4.44. The van der Waals surface area contributed by atoms with Gasteiger partial charge in [0.25, 0.3) is 0 Å². The monoisotopic (exact) mass is 250 g/mol. The summed E-state index contributed by atoms with van der Waals surface area (Å²) in [6.45, 7) is 1.79. The Labute approximate surface area is 108 Å². The van der Waals surface area contributed by atoms with Crippen molar-refractivity contribution in [2.75, 3.05) is 26.0 Å². The van der Waals surface area contributed by atoms with Crippen molar-refractivity contribution in [3.63, 3.8) is 0 Å². The molecule has 1 saturated carbocycles. The number of nitrogens with zero attached hydrogens (tertiary/aromatic N) is 1. The van der Waals surface area contributed by atoms with Crippen LogP contribution in [0.3, 0.4) is 0 Å². The van der Waals surface area contributed by atoms with Crippen LogP contribution in [-0.4, -0.2) is 36.3 Å². The topological polar surface area (TPSA) is 58.7 Å². The van der Waals surface area contributed by atoms with Crippen molar-refractivity contribution in [2.45, 2.75) is 31.8 Å². The van der Waals surface area contributed by atoms with Crippen molar-refractivity contribution in [1.29, 1.82) is 0 Å². The third-order valence-electron chi connectivity index (χ3n) is 3.66. The standard InChI is InChI=1S/C14H22N2O2/c1-18-14-6-5-11(9-13(14)15)10-16(7-8-17)12-3-2-4-12/h5-6,9,12,17H,2-4,7-8,10,15H2,1H3. The first-order valence-corrected chi connectivity index (χ1v) is 6.52. The van der Waals surface area contributed by atoms with Crippen LogP contribution < -0.4 is 10.5 Å². The van der Waals surface area contributed by atoms with Crippen LogP contribution in [-0.2, 0) is 6.54 Å². The van der Waals surface area contributed by atoms with E-state index in [0.29, 0.717) is 11.7 Å². The molecule has 0 amide bonds. The molecule has 3 N–H and O–H groups in total. The van der Waals surface area contributed by atoms with E-state index in [0.717, 1.165) is 18.8 Å². The molecular formula is C14H22N2O2. The molecule has 0 atom stereocenters. The molecule has 0 saturated heterocycles. The molecule has 0 bridgehead atoms. The third-order valence-corrected chi connectivity index (χ3v) is 3.66. The number of ether oxygens (including phenoxy) is 1. The smallest absolute Gasteiger partial charge is 0.141 e. The highest BCUT2D eigenvalue weighted by molar-refractivity contribution is 5.54. The SMILES string of the molecule is COc1ccc(CN(CCO)C2CCC2)cc1N. The molecule has 0 heterocycles. The summed E-state index contributed by atoms with van der Waals surface area (Å²) in [4.78, 5) is 2.34. The lowest BCUT2D eigenvalue weighted by molar-refractivity contribution is 0.0945. The number of nitrogen functional groups attached to an aromatic ring is 1. The zero-order valence-electron chi connectivity index (χ0n) is 10.9. The molecule has 2 rings (SSSR count). The predicted molar refractivity (Wildman–Crippen MR) is 72.5 cm³/mol. The van der Waals surface area contributed by atoms with Crippen molar-refractivity contribution < 1.29 is 9.84 Å². The normalized spacial score (nSPS) is 15.7. The molecule has 0 unspecified atom stereocenters. The summed E-state index contributed by atoms with van der Waals surface area (Å²) in [5.41, 5.74) is 7.76. The fourth-order valence-electron chi connectivity index (χ4n) is 2.39. The van der Waals surface area contributed by atoms with Crippen molar-refractivity contribution in [3.05, 3.63) is 23.8 Å². The molecule has 4 heteroatoms. The van der Waals surface area contributed by atoms with Crippen LogP contribution in [0.2, 0.25) is 0 Å². The number of hydrogen-bond donors (Lipinski definition) is 2. The second-order valence-corrected chi connectivity index (χ2v) is 4.86. The molecule has 0 spiro atoms. The lowest BCUT2D eigenvalue weighted by atomic mass is 9.91. The Morgan fingerprint density at radius 1 is 1.44 bits per heavy atom. The molecule has 100 valence electrons. The fraction of sp³-hybridized carbons (Fsp3) is 0.571. The van der Waals surface area contributed by atoms with E-state index in [2.05, 4.69) is 4.90 Å². The minimum Gasteiger partial charge on any atom is -0.495 e. The second-order valence-electron chi connectivity index (χ2n) is 4.86.